The van der Waals surface area contributed by atoms with E-state index in [2.05, 4.69) is 176 Å². The minimum Gasteiger partial charge on any atom is -0.0622 e. The van der Waals surface area contributed by atoms with Gasteiger partial charge < -0.3 is 0 Å². The van der Waals surface area contributed by atoms with Gasteiger partial charge in [-0.2, -0.15) is 0 Å². The van der Waals surface area contributed by atoms with E-state index in [-0.39, 0.29) is 0 Å². The second kappa shape index (κ2) is 15.6. The molecule has 0 amide bonds. The molecule has 1 radical (unpaired) electrons. The number of hydrogen-bond donors (Lipinski definition) is 0. The zero-order valence-electron chi connectivity index (χ0n) is 25.0. The van der Waals surface area contributed by atoms with Gasteiger partial charge in [0.1, 0.15) is 0 Å². The first kappa shape index (κ1) is 32.2. The summed E-state index contributed by atoms with van der Waals surface area (Å²) in [6, 6.07) is 36.8. The van der Waals surface area contributed by atoms with E-state index < -0.39 is 7.92 Å². The van der Waals surface area contributed by atoms with Crippen molar-refractivity contribution in [3.63, 3.8) is 0 Å². The minimum atomic E-state index is -0.446. The number of aryl methyl sites for hydroxylation is 3. The van der Waals surface area contributed by atoms with Gasteiger partial charge in [-0.05, 0) is 62.7 Å². The topological polar surface area (TPSA) is 0 Å². The van der Waals surface area contributed by atoms with Crippen LogP contribution >= 0.6 is 14.4 Å². The molecule has 0 bridgehead atoms. The van der Waals surface area contributed by atoms with Crippen molar-refractivity contribution in [2.24, 2.45) is 0 Å². The molecule has 0 unspecified atom stereocenters. The number of allylic oxidation sites excluding steroid dienone is 4. The molecular weight excluding hydrogens is 609 g/mol. The predicted octanol–water partition coefficient (Wildman–Crippen LogP) is 9.36. The summed E-state index contributed by atoms with van der Waals surface area (Å²) < 4.78 is 0. The van der Waals surface area contributed by atoms with Crippen LogP contribution < -0.4 is 21.2 Å². The maximum Gasteiger partial charge on any atom is -0.0134 e. The van der Waals surface area contributed by atoms with Crippen molar-refractivity contribution >= 4 is 35.6 Å². The molecule has 0 heterocycles. The zero-order valence-corrected chi connectivity index (χ0v) is 28.5. The van der Waals surface area contributed by atoms with Gasteiger partial charge in [0.25, 0.3) is 0 Å². The van der Waals surface area contributed by atoms with E-state index in [1.807, 2.05) is 0 Å². The fourth-order valence-corrected chi connectivity index (χ4v) is 9.28. The van der Waals surface area contributed by atoms with Gasteiger partial charge in [-0.3, -0.25) is 0 Å². The molecule has 40 heavy (non-hydrogen) atoms. The maximum absolute atomic E-state index is 2.93. The number of benzene rings is 4. The Balaban J connectivity index is 0.000000180. The Labute approximate surface area is 255 Å². The average Bonchev–Trinajstić information content (AvgIpc) is 3.13. The molecule has 0 fully saturated rings. The summed E-state index contributed by atoms with van der Waals surface area (Å²) in [5.74, 6) is 1.47. The monoisotopic (exact) mass is 650 g/mol. The van der Waals surface area contributed by atoms with Crippen LogP contribution in [-0.2, 0) is 17.3 Å². The van der Waals surface area contributed by atoms with Crippen LogP contribution in [-0.4, -0.2) is 0 Å². The summed E-state index contributed by atoms with van der Waals surface area (Å²) in [4.78, 5) is 0. The molecule has 4 aromatic rings. The Hall–Kier alpha value is -2.29. The van der Waals surface area contributed by atoms with Crippen LogP contribution in [0, 0.1) is 26.7 Å². The molecular formula is C37H41P2Rh. The van der Waals surface area contributed by atoms with Gasteiger partial charge in [0.05, 0.1) is 0 Å². The van der Waals surface area contributed by atoms with Gasteiger partial charge in [0.2, 0.25) is 0 Å². The van der Waals surface area contributed by atoms with E-state index in [9.17, 15) is 0 Å². The van der Waals surface area contributed by atoms with Crippen molar-refractivity contribution in [3.8, 4) is 0 Å². The molecule has 0 saturated carbocycles. The fourth-order valence-electron chi connectivity index (χ4n) is 4.87. The first-order valence-corrected chi connectivity index (χ1v) is 18.0. The maximum atomic E-state index is 2.93. The Morgan fingerprint density at radius 1 is 0.475 bits per heavy atom. The van der Waals surface area contributed by atoms with Crippen molar-refractivity contribution < 1.29 is 17.3 Å². The first-order valence-electron chi connectivity index (χ1n) is 13.7. The van der Waals surface area contributed by atoms with Crippen LogP contribution in [0.15, 0.2) is 125 Å². The standard InChI is InChI=1S/C18H15P.C10H15.C9H11P.Rh/c1-4-10-16(11-5-1)19(17-12-6-2-7-13-17)18-14-8-3-9-15-18;1-6-7(2)9(4)10(5)8(6)3;1-6-4-7(2)9(10)8(3)5-6;/h1-15H;1-5H3;4-5H,1-3H3;. The van der Waals surface area contributed by atoms with E-state index in [1.54, 1.807) is 0 Å². The van der Waals surface area contributed by atoms with E-state index in [0.29, 0.717) is 0 Å². The molecule has 5 rings (SSSR count). The molecule has 1 aliphatic rings. The Bertz CT molecular complexity index is 1330. The van der Waals surface area contributed by atoms with E-state index in [0.717, 1.165) is 0 Å². The summed E-state index contributed by atoms with van der Waals surface area (Å²) in [7, 11) is -0.446. The van der Waals surface area contributed by atoms with Crippen LogP contribution in [0.1, 0.15) is 51.3 Å². The Morgan fingerprint density at radius 2 is 0.800 bits per heavy atom. The van der Waals surface area contributed by atoms with Crippen molar-refractivity contribution in [2.45, 2.75) is 55.4 Å². The molecule has 0 atom stereocenters. The molecule has 208 valence electrons. The molecule has 0 spiro atoms. The van der Waals surface area contributed by atoms with Crippen molar-refractivity contribution in [2.75, 3.05) is 0 Å². The summed E-state index contributed by atoms with van der Waals surface area (Å²) >= 11 is 2.93. The van der Waals surface area contributed by atoms with Crippen molar-refractivity contribution in [1.29, 1.82) is 0 Å². The second-order valence-electron chi connectivity index (χ2n) is 10.3. The third-order valence-corrected chi connectivity index (χ3v) is 12.0. The third-order valence-electron chi connectivity index (χ3n) is 7.57. The van der Waals surface area contributed by atoms with Gasteiger partial charge in [-0.1, -0.05) is 109 Å². The van der Waals surface area contributed by atoms with Crippen LogP contribution in [0.4, 0.5) is 0 Å². The molecule has 4 aromatic carbocycles. The van der Waals surface area contributed by atoms with Gasteiger partial charge >= 0.3 is 78.7 Å². The smallest absolute Gasteiger partial charge is 0.0134 e. The molecule has 0 aliphatic heterocycles. The zero-order chi connectivity index (χ0) is 29.2. The minimum absolute atomic E-state index is 0.446. The second-order valence-corrected chi connectivity index (χ2v) is 14.2. The quantitative estimate of drug-likeness (QED) is 0.153. The summed E-state index contributed by atoms with van der Waals surface area (Å²) in [6.45, 7) is 18.7. The van der Waals surface area contributed by atoms with E-state index >= 15 is 0 Å². The van der Waals surface area contributed by atoms with Crippen LogP contribution in [0.2, 0.25) is 0 Å². The van der Waals surface area contributed by atoms with Crippen molar-refractivity contribution in [1.82, 2.24) is 0 Å². The van der Waals surface area contributed by atoms with Gasteiger partial charge in [0.15, 0.2) is 0 Å². The first-order chi connectivity index (χ1) is 19.1. The molecule has 3 heteroatoms. The van der Waals surface area contributed by atoms with Crippen LogP contribution in [0.3, 0.4) is 0 Å². The number of hydrogen-bond acceptors (Lipinski definition) is 0. The molecule has 0 N–H and O–H groups in total. The van der Waals surface area contributed by atoms with E-state index in [1.165, 1.54) is 72.6 Å². The molecule has 0 saturated heterocycles. The summed E-state index contributed by atoms with van der Waals surface area (Å²) in [5.41, 5.74) is 10.0. The van der Waals surface area contributed by atoms with Crippen LogP contribution in [0.5, 0.6) is 0 Å². The normalized spacial score (nSPS) is 13.2. The average molecular weight is 651 g/mol. The molecule has 1 aliphatic carbocycles. The van der Waals surface area contributed by atoms with Gasteiger partial charge in [0, 0.05) is 5.92 Å². The van der Waals surface area contributed by atoms with Crippen molar-refractivity contribution in [3.05, 3.63) is 148 Å². The number of rotatable bonds is 4. The summed E-state index contributed by atoms with van der Waals surface area (Å²) in [5, 5.41) is 5.63. The summed E-state index contributed by atoms with van der Waals surface area (Å²) in [6.07, 6.45) is 0. The fraction of sp³-hybridized carbons (Fsp3) is 0.216. The predicted molar refractivity (Wildman–Crippen MR) is 178 cm³/mol. The Kier molecular flexibility index (Phi) is 12.6. The van der Waals surface area contributed by atoms with Crippen LogP contribution in [0.25, 0.3) is 0 Å². The van der Waals surface area contributed by atoms with E-state index in [4.69, 9.17) is 0 Å². The SMILES string of the molecule is C[C]1C(C)=C(C)C(C)=C1C.Cc1cc(C)c([P]=[Rh])c(C)c1.c1ccc(P(c2ccccc2)c2ccccc2)cc1. The Morgan fingerprint density at radius 3 is 1.05 bits per heavy atom. The van der Waals surface area contributed by atoms with Gasteiger partial charge in [-0.25, -0.2) is 0 Å². The van der Waals surface area contributed by atoms with Gasteiger partial charge in [-0.15, -0.1) is 0 Å². The third kappa shape index (κ3) is 8.37. The molecule has 0 nitrogen and oxygen atoms in total. The molecule has 0 aromatic heterocycles. The largest absolute Gasteiger partial charge is 0.0622 e.